The van der Waals surface area contributed by atoms with Crippen LogP contribution in [0.2, 0.25) is 0 Å². The molecule has 6 amide bonds. The van der Waals surface area contributed by atoms with Crippen LogP contribution in [-0.4, -0.2) is 129 Å². The van der Waals surface area contributed by atoms with E-state index in [2.05, 4.69) is 50.0 Å². The molecule has 0 radical (unpaired) electrons. The van der Waals surface area contributed by atoms with E-state index in [1.807, 2.05) is 58.9 Å². The zero-order valence-corrected chi connectivity index (χ0v) is 35.0. The number of benzene rings is 2. The van der Waals surface area contributed by atoms with E-state index in [0.29, 0.717) is 36.9 Å². The molecule has 5 N–H and O–H groups in total. The molecule has 0 spiro atoms. The van der Waals surface area contributed by atoms with Gasteiger partial charge in [0.15, 0.2) is 5.65 Å². The highest BCUT2D eigenvalue weighted by Crippen LogP contribution is 2.32. The number of hydrogen-bond donors (Lipinski definition) is 5. The molecule has 2 aromatic carbocycles. The standard InChI is InChI=1S/C44H55N11O6/c1-4-30(26-56)47-37-22-38(55-40(49-37)35(24-46-55)27(2)3)45-23-28-5-7-31(8-6-28)48-44(61)53-15-13-29(14-16-53)25-51-17-19-52(20-18-51)32-9-10-33-34(21-32)43(60)54(42(33)59)36-11-12-39(57)50-41(36)58/h5-10,21-22,24,27,29-30,36,45,56H,4,11-20,23,25-26H2,1-3H3,(H,47,49)(H,48,61)(H,50,57,58)/t30-,36?/m0/s1. The molecule has 2 atom stereocenters. The molecule has 322 valence electrons. The number of piperidine rings is 2. The van der Waals surface area contributed by atoms with Gasteiger partial charge >= 0.3 is 6.03 Å². The molecule has 8 rings (SSSR count). The Kier molecular flexibility index (Phi) is 12.2. The van der Waals surface area contributed by atoms with Crippen molar-refractivity contribution in [2.45, 2.75) is 77.4 Å². The first-order valence-electron chi connectivity index (χ1n) is 21.5. The summed E-state index contributed by atoms with van der Waals surface area (Å²) in [6.45, 7) is 12.4. The quantitative estimate of drug-likeness (QED) is 0.121. The number of piperazine rings is 1. The summed E-state index contributed by atoms with van der Waals surface area (Å²) in [5.74, 6) is 0.186. The highest BCUT2D eigenvalue weighted by molar-refractivity contribution is 6.23. The first-order chi connectivity index (χ1) is 29.5. The maximum absolute atomic E-state index is 13.3. The molecular weight excluding hydrogens is 779 g/mol. The van der Waals surface area contributed by atoms with Crippen molar-refractivity contribution in [3.8, 4) is 0 Å². The molecule has 1 unspecified atom stereocenters. The van der Waals surface area contributed by atoms with Gasteiger partial charge in [-0.1, -0.05) is 32.9 Å². The minimum atomic E-state index is -0.982. The number of hydrogen-bond acceptors (Lipinski definition) is 12. The van der Waals surface area contributed by atoms with Gasteiger partial charge in [0.2, 0.25) is 11.8 Å². The number of fused-ring (bicyclic) bond motifs is 2. The number of aliphatic hydroxyl groups excluding tert-OH is 1. The van der Waals surface area contributed by atoms with Gasteiger partial charge in [0.1, 0.15) is 17.7 Å². The fraction of sp³-hybridized carbons (Fsp3) is 0.477. The number of amides is 6. The van der Waals surface area contributed by atoms with E-state index in [1.54, 1.807) is 12.1 Å². The van der Waals surface area contributed by atoms with Gasteiger partial charge in [-0.3, -0.25) is 34.3 Å². The third-order valence-corrected chi connectivity index (χ3v) is 12.4. The summed E-state index contributed by atoms with van der Waals surface area (Å²) >= 11 is 0. The number of aromatic nitrogens is 3. The van der Waals surface area contributed by atoms with Crippen LogP contribution < -0.4 is 26.2 Å². The number of imide groups is 2. The third kappa shape index (κ3) is 8.89. The van der Waals surface area contributed by atoms with E-state index in [9.17, 15) is 29.1 Å². The number of carbonyl (C=O) groups is 5. The van der Waals surface area contributed by atoms with Crippen molar-refractivity contribution in [2.24, 2.45) is 5.92 Å². The first-order valence-corrected chi connectivity index (χ1v) is 21.5. The van der Waals surface area contributed by atoms with Crippen molar-refractivity contribution in [2.75, 3.05) is 73.3 Å². The number of rotatable bonds is 13. The van der Waals surface area contributed by atoms with Gasteiger partial charge in [-0.2, -0.15) is 9.61 Å². The summed E-state index contributed by atoms with van der Waals surface area (Å²) in [4.78, 5) is 76.2. The van der Waals surface area contributed by atoms with Gasteiger partial charge in [0, 0.05) is 81.8 Å². The summed E-state index contributed by atoms with van der Waals surface area (Å²) in [7, 11) is 0. The lowest BCUT2D eigenvalue weighted by Crippen LogP contribution is -2.54. The molecule has 17 heteroatoms. The molecule has 0 bridgehead atoms. The van der Waals surface area contributed by atoms with Gasteiger partial charge in [-0.15, -0.1) is 0 Å². The van der Waals surface area contributed by atoms with Crippen LogP contribution in [-0.2, 0) is 16.1 Å². The average Bonchev–Trinajstić information content (AvgIpc) is 3.81. The number of anilines is 4. The minimum absolute atomic E-state index is 0.0133. The molecule has 4 aliphatic rings. The predicted molar refractivity (Wildman–Crippen MR) is 231 cm³/mol. The van der Waals surface area contributed by atoms with Crippen molar-refractivity contribution in [3.05, 3.63) is 77.0 Å². The lowest BCUT2D eigenvalue weighted by molar-refractivity contribution is -0.136. The molecule has 0 aliphatic carbocycles. The van der Waals surface area contributed by atoms with E-state index in [0.717, 1.165) is 90.9 Å². The van der Waals surface area contributed by atoms with E-state index < -0.39 is 29.7 Å². The molecule has 2 aromatic heterocycles. The fourth-order valence-electron chi connectivity index (χ4n) is 8.70. The number of aliphatic hydroxyl groups is 1. The Labute approximate surface area is 354 Å². The molecule has 0 saturated carbocycles. The summed E-state index contributed by atoms with van der Waals surface area (Å²) in [5.41, 5.74) is 5.03. The molecule has 6 heterocycles. The zero-order chi connectivity index (χ0) is 42.8. The predicted octanol–water partition coefficient (Wildman–Crippen LogP) is 4.11. The van der Waals surface area contributed by atoms with E-state index in [4.69, 9.17) is 4.98 Å². The van der Waals surface area contributed by atoms with Gasteiger partial charge < -0.3 is 30.9 Å². The van der Waals surface area contributed by atoms with Crippen LogP contribution in [0.5, 0.6) is 0 Å². The molecule has 61 heavy (non-hydrogen) atoms. The van der Waals surface area contributed by atoms with Gasteiger partial charge in [-0.05, 0) is 73.4 Å². The van der Waals surface area contributed by atoms with Crippen molar-refractivity contribution < 1.29 is 29.1 Å². The monoisotopic (exact) mass is 833 g/mol. The van der Waals surface area contributed by atoms with E-state index >= 15 is 0 Å². The Hall–Kier alpha value is -6.07. The SMILES string of the molecule is CC[C@@H](CO)Nc1cc(NCc2ccc(NC(=O)N3CCC(CN4CCN(c5ccc6c(c5)C(=O)N(C5CCC(=O)NC5=O)C6=O)CC4)CC3)cc2)n2ncc(C(C)C)c2n1. The van der Waals surface area contributed by atoms with Gasteiger partial charge in [-0.25, -0.2) is 9.78 Å². The Bertz CT molecular complexity index is 2290. The van der Waals surface area contributed by atoms with E-state index in [1.165, 1.54) is 0 Å². The Morgan fingerprint density at radius 3 is 2.34 bits per heavy atom. The normalized spacial score (nSPS) is 19.4. The first kappa shape index (κ1) is 41.7. The van der Waals surface area contributed by atoms with Crippen molar-refractivity contribution in [1.82, 2.24) is 34.6 Å². The minimum Gasteiger partial charge on any atom is -0.394 e. The fourth-order valence-corrected chi connectivity index (χ4v) is 8.70. The van der Waals surface area contributed by atoms with Crippen LogP contribution >= 0.6 is 0 Å². The van der Waals surface area contributed by atoms with Crippen LogP contribution in [0.25, 0.3) is 5.65 Å². The number of nitrogens with zero attached hydrogens (tertiary/aromatic N) is 7. The second-order valence-electron chi connectivity index (χ2n) is 16.8. The smallest absolute Gasteiger partial charge is 0.321 e. The second kappa shape index (κ2) is 17.9. The van der Waals surface area contributed by atoms with Crippen LogP contribution in [0.1, 0.15) is 90.6 Å². The van der Waals surface area contributed by atoms with Crippen LogP contribution in [0.15, 0.2) is 54.7 Å². The number of nitrogens with one attached hydrogen (secondary N) is 4. The lowest BCUT2D eigenvalue weighted by atomic mass is 9.96. The second-order valence-corrected chi connectivity index (χ2v) is 16.8. The largest absolute Gasteiger partial charge is 0.394 e. The molecule has 4 aromatic rings. The topological polar surface area (TPSA) is 197 Å². The van der Waals surface area contributed by atoms with Crippen LogP contribution in [0, 0.1) is 5.92 Å². The Balaban J connectivity index is 0.783. The number of urea groups is 1. The Morgan fingerprint density at radius 1 is 0.918 bits per heavy atom. The summed E-state index contributed by atoms with van der Waals surface area (Å²) in [5, 5.41) is 26.5. The highest BCUT2D eigenvalue weighted by atomic mass is 16.3. The van der Waals surface area contributed by atoms with E-state index in [-0.39, 0.29) is 43.0 Å². The molecule has 4 aliphatic heterocycles. The average molecular weight is 834 g/mol. The number of carbonyl (C=O) groups excluding carboxylic acids is 5. The van der Waals surface area contributed by atoms with Crippen LogP contribution in [0.3, 0.4) is 0 Å². The zero-order valence-electron chi connectivity index (χ0n) is 35.0. The van der Waals surface area contributed by atoms with Crippen molar-refractivity contribution in [3.63, 3.8) is 0 Å². The summed E-state index contributed by atoms with van der Waals surface area (Å²) in [6, 6.07) is 13.9. The Morgan fingerprint density at radius 2 is 1.66 bits per heavy atom. The van der Waals surface area contributed by atoms with Gasteiger partial charge in [0.05, 0.1) is 30.0 Å². The molecular formula is C44H55N11O6. The molecule has 3 fully saturated rings. The number of likely N-dealkylation sites (tertiary alicyclic amines) is 1. The van der Waals surface area contributed by atoms with Crippen molar-refractivity contribution in [1.29, 1.82) is 0 Å². The highest BCUT2D eigenvalue weighted by Gasteiger charge is 2.45. The molecule has 3 saturated heterocycles. The van der Waals surface area contributed by atoms with Crippen molar-refractivity contribution >= 4 is 58.3 Å². The lowest BCUT2D eigenvalue weighted by Gasteiger charge is -2.39. The summed E-state index contributed by atoms with van der Waals surface area (Å²) < 4.78 is 1.81. The molecule has 17 nitrogen and oxygen atoms in total. The van der Waals surface area contributed by atoms with Crippen LogP contribution in [0.4, 0.5) is 27.8 Å². The summed E-state index contributed by atoms with van der Waals surface area (Å²) in [6.07, 6.45) is 4.68. The maximum atomic E-state index is 13.3. The van der Waals surface area contributed by atoms with Gasteiger partial charge in [0.25, 0.3) is 11.8 Å². The maximum Gasteiger partial charge on any atom is 0.321 e. The third-order valence-electron chi connectivity index (χ3n) is 12.4.